The Hall–Kier alpha value is -1.95. The summed E-state index contributed by atoms with van der Waals surface area (Å²) < 4.78 is 5.08. The van der Waals surface area contributed by atoms with Crippen LogP contribution in [0.25, 0.3) is 0 Å². The summed E-state index contributed by atoms with van der Waals surface area (Å²) in [6, 6.07) is 8.99. The lowest BCUT2D eigenvalue weighted by molar-refractivity contribution is -0.632. The predicted octanol–water partition coefficient (Wildman–Crippen LogP) is 0.900. The predicted molar refractivity (Wildman–Crippen MR) is 55.8 cm³/mol. The standard InChI is InChI=1S/C10H12N2O4/c1-10(11-8-13,12(14)15)16-7-9-5-3-2-4-6-9/h2-6,8H,7H2,1H3,(H,11,13). The fourth-order valence-electron chi connectivity index (χ4n) is 1.05. The average molecular weight is 224 g/mol. The maximum Gasteiger partial charge on any atom is 0.406 e. The molecule has 0 fully saturated rings. The summed E-state index contributed by atoms with van der Waals surface area (Å²) in [7, 11) is 0. The summed E-state index contributed by atoms with van der Waals surface area (Å²) in [6.07, 6.45) is 0.244. The molecule has 0 aliphatic rings. The minimum atomic E-state index is -1.89. The zero-order chi connectivity index (χ0) is 12.0. The molecule has 6 nitrogen and oxygen atoms in total. The topological polar surface area (TPSA) is 81.5 Å². The van der Waals surface area contributed by atoms with E-state index in [2.05, 4.69) is 0 Å². The Morgan fingerprint density at radius 2 is 2.12 bits per heavy atom. The van der Waals surface area contributed by atoms with E-state index in [4.69, 9.17) is 4.74 Å². The number of nitro groups is 1. The highest BCUT2D eigenvalue weighted by Gasteiger charge is 2.37. The highest BCUT2D eigenvalue weighted by Crippen LogP contribution is 2.10. The van der Waals surface area contributed by atoms with E-state index in [9.17, 15) is 14.9 Å². The largest absolute Gasteiger partial charge is 0.406 e. The van der Waals surface area contributed by atoms with Crippen molar-refractivity contribution in [1.29, 1.82) is 0 Å². The van der Waals surface area contributed by atoms with Gasteiger partial charge in [0.15, 0.2) is 0 Å². The van der Waals surface area contributed by atoms with Gasteiger partial charge in [-0.2, -0.15) is 0 Å². The smallest absolute Gasteiger partial charge is 0.292 e. The number of rotatable bonds is 6. The first-order valence-electron chi connectivity index (χ1n) is 4.62. The van der Waals surface area contributed by atoms with Crippen LogP contribution in [0.1, 0.15) is 12.5 Å². The highest BCUT2D eigenvalue weighted by molar-refractivity contribution is 5.46. The molecule has 0 saturated heterocycles. The Morgan fingerprint density at radius 3 is 2.62 bits per heavy atom. The number of nitrogens with zero attached hydrogens (tertiary/aromatic N) is 1. The number of carbonyl (C=O) groups excluding carboxylic acids is 1. The van der Waals surface area contributed by atoms with Crippen molar-refractivity contribution >= 4 is 6.41 Å². The fraction of sp³-hybridized carbons (Fsp3) is 0.300. The molecular formula is C10H12N2O4. The van der Waals surface area contributed by atoms with Gasteiger partial charge in [-0.3, -0.25) is 25.0 Å². The lowest BCUT2D eigenvalue weighted by Gasteiger charge is -2.19. The van der Waals surface area contributed by atoms with Gasteiger partial charge in [-0.05, 0) is 5.56 Å². The lowest BCUT2D eigenvalue weighted by Crippen LogP contribution is -2.50. The molecule has 1 aromatic carbocycles. The van der Waals surface area contributed by atoms with Crippen molar-refractivity contribution in [2.75, 3.05) is 0 Å². The van der Waals surface area contributed by atoms with Crippen LogP contribution in [0.15, 0.2) is 30.3 Å². The Labute approximate surface area is 92.4 Å². The Balaban J connectivity index is 2.64. The van der Waals surface area contributed by atoms with Gasteiger partial charge in [0, 0.05) is 0 Å². The van der Waals surface area contributed by atoms with Gasteiger partial charge >= 0.3 is 5.85 Å². The zero-order valence-electron chi connectivity index (χ0n) is 8.75. The average Bonchev–Trinajstić information content (AvgIpc) is 2.28. The Kier molecular flexibility index (Phi) is 3.96. The van der Waals surface area contributed by atoms with Crippen LogP contribution in [0.2, 0.25) is 0 Å². The number of hydrogen-bond donors (Lipinski definition) is 1. The third kappa shape index (κ3) is 3.03. The minimum Gasteiger partial charge on any atom is -0.292 e. The molecule has 1 aromatic rings. The van der Waals surface area contributed by atoms with Gasteiger partial charge in [0.25, 0.3) is 0 Å². The zero-order valence-corrected chi connectivity index (χ0v) is 8.75. The molecule has 0 aliphatic heterocycles. The summed E-state index contributed by atoms with van der Waals surface area (Å²) >= 11 is 0. The van der Waals surface area contributed by atoms with Gasteiger partial charge in [0.2, 0.25) is 6.41 Å². The summed E-state index contributed by atoms with van der Waals surface area (Å²) in [6.45, 7) is 1.24. The van der Waals surface area contributed by atoms with Crippen molar-refractivity contribution in [2.24, 2.45) is 0 Å². The van der Waals surface area contributed by atoms with E-state index in [1.165, 1.54) is 6.92 Å². The lowest BCUT2D eigenvalue weighted by atomic mass is 10.2. The molecule has 0 radical (unpaired) electrons. The fourth-order valence-corrected chi connectivity index (χ4v) is 1.05. The summed E-state index contributed by atoms with van der Waals surface area (Å²) in [5.41, 5.74) is 0.795. The second-order valence-corrected chi connectivity index (χ2v) is 3.28. The second kappa shape index (κ2) is 5.22. The molecule has 1 N–H and O–H groups in total. The van der Waals surface area contributed by atoms with Gasteiger partial charge in [-0.15, -0.1) is 0 Å². The van der Waals surface area contributed by atoms with Crippen molar-refractivity contribution in [3.63, 3.8) is 0 Å². The highest BCUT2D eigenvalue weighted by atomic mass is 16.7. The van der Waals surface area contributed by atoms with Gasteiger partial charge in [0.1, 0.15) is 0 Å². The van der Waals surface area contributed by atoms with E-state index < -0.39 is 10.8 Å². The van der Waals surface area contributed by atoms with Gasteiger partial charge in [0.05, 0.1) is 18.5 Å². The number of carbonyl (C=O) groups is 1. The van der Waals surface area contributed by atoms with Gasteiger partial charge in [-0.25, -0.2) is 0 Å². The van der Waals surface area contributed by atoms with Crippen LogP contribution in [0.4, 0.5) is 0 Å². The molecule has 86 valence electrons. The monoisotopic (exact) mass is 224 g/mol. The van der Waals surface area contributed by atoms with E-state index in [1.54, 1.807) is 24.3 Å². The van der Waals surface area contributed by atoms with Crippen LogP contribution in [0, 0.1) is 10.1 Å². The van der Waals surface area contributed by atoms with Crippen molar-refractivity contribution in [3.8, 4) is 0 Å². The number of benzene rings is 1. The molecule has 1 atom stereocenters. The Morgan fingerprint density at radius 1 is 1.50 bits per heavy atom. The molecule has 16 heavy (non-hydrogen) atoms. The molecule has 0 heterocycles. The van der Waals surface area contributed by atoms with E-state index in [0.717, 1.165) is 5.56 Å². The second-order valence-electron chi connectivity index (χ2n) is 3.28. The summed E-state index contributed by atoms with van der Waals surface area (Å²) in [4.78, 5) is 20.2. The van der Waals surface area contributed by atoms with Crippen molar-refractivity contribution in [3.05, 3.63) is 46.0 Å². The number of amides is 1. The van der Waals surface area contributed by atoms with Gasteiger partial charge in [-0.1, -0.05) is 30.3 Å². The third-order valence-corrected chi connectivity index (χ3v) is 2.04. The quantitative estimate of drug-likeness (QED) is 0.337. The van der Waals surface area contributed by atoms with Crippen LogP contribution in [0.5, 0.6) is 0 Å². The van der Waals surface area contributed by atoms with Gasteiger partial charge < -0.3 is 0 Å². The van der Waals surface area contributed by atoms with E-state index >= 15 is 0 Å². The SMILES string of the molecule is CC(NC=O)(OCc1ccccc1)[N+](=O)[O-]. The summed E-state index contributed by atoms with van der Waals surface area (Å²) in [5, 5.41) is 12.7. The maximum absolute atomic E-state index is 10.7. The molecule has 1 unspecified atom stereocenters. The van der Waals surface area contributed by atoms with E-state index in [1.807, 2.05) is 11.4 Å². The summed E-state index contributed by atoms with van der Waals surface area (Å²) in [5.74, 6) is -1.89. The van der Waals surface area contributed by atoms with Crippen LogP contribution in [0.3, 0.4) is 0 Å². The normalized spacial score (nSPS) is 13.8. The maximum atomic E-state index is 10.7. The van der Waals surface area contributed by atoms with Crippen molar-refractivity contribution in [2.45, 2.75) is 19.4 Å². The van der Waals surface area contributed by atoms with Crippen LogP contribution >= 0.6 is 0 Å². The number of ether oxygens (including phenoxy) is 1. The number of hydrogen-bond acceptors (Lipinski definition) is 4. The molecule has 6 heteroatoms. The minimum absolute atomic E-state index is 0.0547. The van der Waals surface area contributed by atoms with E-state index in [0.29, 0.717) is 0 Å². The molecule has 1 rings (SSSR count). The van der Waals surface area contributed by atoms with Crippen LogP contribution < -0.4 is 5.32 Å². The Bertz CT molecular complexity index is 368. The molecule has 1 amide bonds. The molecule has 0 aromatic heterocycles. The number of nitrogens with one attached hydrogen (secondary N) is 1. The van der Waals surface area contributed by atoms with Crippen LogP contribution in [-0.2, 0) is 16.1 Å². The van der Waals surface area contributed by atoms with Crippen LogP contribution in [-0.4, -0.2) is 17.2 Å². The first kappa shape index (κ1) is 12.1. The third-order valence-electron chi connectivity index (χ3n) is 2.04. The molecular weight excluding hydrogens is 212 g/mol. The molecule has 0 saturated carbocycles. The molecule has 0 spiro atoms. The first-order valence-corrected chi connectivity index (χ1v) is 4.62. The molecule has 0 aliphatic carbocycles. The molecule has 0 bridgehead atoms. The van der Waals surface area contributed by atoms with Crippen molar-refractivity contribution < 1.29 is 14.5 Å². The van der Waals surface area contributed by atoms with Crippen molar-refractivity contribution in [1.82, 2.24) is 5.32 Å². The van der Waals surface area contributed by atoms with E-state index in [-0.39, 0.29) is 13.0 Å². The first-order chi connectivity index (χ1) is 7.58.